The molecule has 0 saturated carbocycles. The largest absolute Gasteiger partial charge is 0.456 e. The lowest BCUT2D eigenvalue weighted by Crippen LogP contribution is -2.00. The van der Waals surface area contributed by atoms with E-state index in [-0.39, 0.29) is 0 Å². The molecule has 0 amide bonds. The lowest BCUT2D eigenvalue weighted by Gasteiger charge is -2.10. The van der Waals surface area contributed by atoms with Crippen LogP contribution in [0.2, 0.25) is 0 Å². The molecule has 0 bridgehead atoms. The smallest absolute Gasteiger partial charge is 0.164 e. The van der Waals surface area contributed by atoms with E-state index in [0.717, 1.165) is 49.7 Å². The van der Waals surface area contributed by atoms with Gasteiger partial charge in [-0.3, -0.25) is 0 Å². The molecule has 0 aliphatic carbocycles. The molecule has 0 aliphatic heterocycles. The van der Waals surface area contributed by atoms with Crippen LogP contribution >= 0.6 is 0 Å². The molecule has 0 spiro atoms. The molecule has 3 heterocycles. The summed E-state index contributed by atoms with van der Waals surface area (Å²) in [5.74, 6) is 1.85. The molecule has 11 aromatic rings. The Kier molecular flexibility index (Phi) is 6.18. The highest BCUT2D eigenvalue weighted by atomic mass is 16.3. The minimum Gasteiger partial charge on any atom is -0.456 e. The van der Waals surface area contributed by atoms with Gasteiger partial charge in [-0.15, -0.1) is 0 Å². The van der Waals surface area contributed by atoms with Crippen molar-refractivity contribution < 1.29 is 4.42 Å². The highest BCUT2D eigenvalue weighted by Crippen LogP contribution is 2.39. The van der Waals surface area contributed by atoms with Gasteiger partial charge in [-0.05, 0) is 58.6 Å². The van der Waals surface area contributed by atoms with E-state index in [1.807, 2.05) is 30.3 Å². The number of hydrogen-bond acceptors (Lipinski definition) is 4. The van der Waals surface area contributed by atoms with Crippen LogP contribution < -0.4 is 0 Å². The second-order valence-corrected chi connectivity index (χ2v) is 13.3. The zero-order valence-corrected chi connectivity index (χ0v) is 27.9. The Morgan fingerprint density at radius 3 is 1.85 bits per heavy atom. The van der Waals surface area contributed by atoms with Crippen LogP contribution in [0, 0.1) is 0 Å². The fraction of sp³-hybridized carbons (Fsp3) is 0. The van der Waals surface area contributed by atoms with Gasteiger partial charge in [0.05, 0.1) is 11.0 Å². The van der Waals surface area contributed by atoms with Crippen molar-refractivity contribution in [2.45, 2.75) is 0 Å². The third-order valence-electron chi connectivity index (χ3n) is 10.2. The van der Waals surface area contributed by atoms with Gasteiger partial charge in [-0.1, -0.05) is 127 Å². The van der Waals surface area contributed by atoms with Crippen LogP contribution in [0.3, 0.4) is 0 Å². The quantitative estimate of drug-likeness (QED) is 0.188. The standard InChI is InChI=1S/C47H28N4O/c1-2-12-31(13-3-1)45-48-46(33-19-18-29-10-4-5-14-32(29)26-33)50-47(49-45)34-21-23-38-40-28-35(22-25-42(40)52-43(38)27-34)51-41-17-9-8-16-37(41)39-24-20-30-11-6-7-15-36(30)44(39)51/h1-28H. The number of benzene rings is 8. The van der Waals surface area contributed by atoms with E-state index in [2.05, 4.69) is 144 Å². The van der Waals surface area contributed by atoms with Gasteiger partial charge in [0.25, 0.3) is 0 Å². The van der Waals surface area contributed by atoms with E-state index in [4.69, 9.17) is 19.4 Å². The van der Waals surface area contributed by atoms with E-state index in [9.17, 15) is 0 Å². The maximum atomic E-state index is 6.53. The SMILES string of the molecule is c1ccc(-c2nc(-c3ccc4ccccc4c3)nc(-c3ccc4c(c3)oc3ccc(-n5c6ccccc6c6ccc7ccccc7c65)cc34)n2)cc1. The third-order valence-corrected chi connectivity index (χ3v) is 10.2. The van der Waals surface area contributed by atoms with Crippen LogP contribution in [-0.4, -0.2) is 19.5 Å². The molecule has 0 saturated heterocycles. The summed E-state index contributed by atoms with van der Waals surface area (Å²) < 4.78 is 8.92. The molecule has 0 atom stereocenters. The molecule has 8 aromatic carbocycles. The first kappa shape index (κ1) is 28.7. The summed E-state index contributed by atoms with van der Waals surface area (Å²) in [6, 6.07) is 59.3. The first-order chi connectivity index (χ1) is 25.7. The van der Waals surface area contributed by atoms with E-state index in [0.29, 0.717) is 17.5 Å². The molecule has 3 aromatic heterocycles. The predicted molar refractivity (Wildman–Crippen MR) is 213 cm³/mol. The summed E-state index contributed by atoms with van der Waals surface area (Å²) in [6.07, 6.45) is 0. The molecule has 5 heteroatoms. The van der Waals surface area contributed by atoms with E-state index >= 15 is 0 Å². The molecule has 0 radical (unpaired) electrons. The number of furan rings is 1. The van der Waals surface area contributed by atoms with Crippen LogP contribution in [0.15, 0.2) is 174 Å². The zero-order valence-electron chi connectivity index (χ0n) is 27.9. The Bertz CT molecular complexity index is 3190. The lowest BCUT2D eigenvalue weighted by molar-refractivity contribution is 0.669. The number of hydrogen-bond donors (Lipinski definition) is 0. The minimum absolute atomic E-state index is 0.595. The van der Waals surface area contributed by atoms with Crippen LogP contribution in [0.1, 0.15) is 0 Å². The maximum Gasteiger partial charge on any atom is 0.164 e. The Morgan fingerprint density at radius 2 is 1.00 bits per heavy atom. The van der Waals surface area contributed by atoms with Gasteiger partial charge >= 0.3 is 0 Å². The van der Waals surface area contributed by atoms with Crippen molar-refractivity contribution in [3.63, 3.8) is 0 Å². The molecule has 11 rings (SSSR count). The molecule has 0 unspecified atom stereocenters. The van der Waals surface area contributed by atoms with Crippen LogP contribution in [-0.2, 0) is 0 Å². The fourth-order valence-electron chi connectivity index (χ4n) is 7.72. The second kappa shape index (κ2) is 11.2. The molecule has 0 N–H and O–H groups in total. The second-order valence-electron chi connectivity index (χ2n) is 13.3. The molecule has 5 nitrogen and oxygen atoms in total. The Labute approximate surface area is 298 Å². The number of para-hydroxylation sites is 1. The molecule has 242 valence electrons. The molecule has 52 heavy (non-hydrogen) atoms. The summed E-state index contributed by atoms with van der Waals surface area (Å²) in [4.78, 5) is 15.0. The summed E-state index contributed by atoms with van der Waals surface area (Å²) in [5.41, 5.74) is 7.83. The molecular weight excluding hydrogens is 637 g/mol. The van der Waals surface area contributed by atoms with Gasteiger partial charge in [0.2, 0.25) is 0 Å². The Balaban J connectivity index is 1.08. The number of nitrogens with zero attached hydrogens (tertiary/aromatic N) is 4. The van der Waals surface area contributed by atoms with Crippen molar-refractivity contribution in [1.82, 2.24) is 19.5 Å². The summed E-state index contributed by atoms with van der Waals surface area (Å²) in [5, 5.41) is 9.34. The highest BCUT2D eigenvalue weighted by Gasteiger charge is 2.18. The molecular formula is C47H28N4O. The normalized spacial score (nSPS) is 11.8. The van der Waals surface area contributed by atoms with Crippen LogP contribution in [0.5, 0.6) is 0 Å². The lowest BCUT2D eigenvalue weighted by atomic mass is 10.1. The zero-order chi connectivity index (χ0) is 34.2. The fourth-order valence-corrected chi connectivity index (χ4v) is 7.72. The van der Waals surface area contributed by atoms with E-state index in [1.54, 1.807) is 0 Å². The summed E-state index contributed by atoms with van der Waals surface area (Å²) in [7, 11) is 0. The van der Waals surface area contributed by atoms with Crippen molar-refractivity contribution in [3.8, 4) is 39.9 Å². The van der Waals surface area contributed by atoms with Crippen molar-refractivity contribution >= 4 is 65.3 Å². The Hall–Kier alpha value is -7.11. The van der Waals surface area contributed by atoms with E-state index < -0.39 is 0 Å². The van der Waals surface area contributed by atoms with Crippen LogP contribution in [0.25, 0.3) is 105 Å². The predicted octanol–water partition coefficient (Wildman–Crippen LogP) is 12.2. The summed E-state index contributed by atoms with van der Waals surface area (Å²) in [6.45, 7) is 0. The average molecular weight is 665 g/mol. The van der Waals surface area contributed by atoms with Crippen molar-refractivity contribution in [3.05, 3.63) is 170 Å². The van der Waals surface area contributed by atoms with E-state index in [1.165, 1.54) is 38.0 Å². The van der Waals surface area contributed by atoms with Crippen molar-refractivity contribution in [2.75, 3.05) is 0 Å². The highest BCUT2D eigenvalue weighted by molar-refractivity contribution is 6.19. The van der Waals surface area contributed by atoms with Crippen molar-refractivity contribution in [2.24, 2.45) is 0 Å². The third kappa shape index (κ3) is 4.46. The monoisotopic (exact) mass is 664 g/mol. The summed E-state index contributed by atoms with van der Waals surface area (Å²) >= 11 is 0. The van der Waals surface area contributed by atoms with Gasteiger partial charge < -0.3 is 8.98 Å². The van der Waals surface area contributed by atoms with Gasteiger partial charge in [0.1, 0.15) is 11.2 Å². The first-order valence-corrected chi connectivity index (χ1v) is 17.4. The van der Waals surface area contributed by atoms with Crippen molar-refractivity contribution in [1.29, 1.82) is 0 Å². The van der Waals surface area contributed by atoms with Gasteiger partial charge in [-0.2, -0.15) is 0 Å². The molecule has 0 aliphatic rings. The Morgan fingerprint density at radius 1 is 0.365 bits per heavy atom. The van der Waals surface area contributed by atoms with Gasteiger partial charge in [0, 0.05) is 49.3 Å². The average Bonchev–Trinajstić information content (AvgIpc) is 3.76. The first-order valence-electron chi connectivity index (χ1n) is 17.4. The number of fused-ring (bicyclic) bond motifs is 9. The topological polar surface area (TPSA) is 56.7 Å². The van der Waals surface area contributed by atoms with Gasteiger partial charge in [0.15, 0.2) is 17.5 Å². The van der Waals surface area contributed by atoms with Crippen LogP contribution in [0.4, 0.5) is 0 Å². The minimum atomic E-state index is 0.595. The maximum absolute atomic E-state index is 6.53. The number of rotatable bonds is 4. The number of aromatic nitrogens is 4. The van der Waals surface area contributed by atoms with Gasteiger partial charge in [-0.25, -0.2) is 15.0 Å². The molecule has 0 fully saturated rings.